The predicted molar refractivity (Wildman–Crippen MR) is 149 cm³/mol. The highest BCUT2D eigenvalue weighted by Crippen LogP contribution is 2.58. The molecular formula is C31H49N5O. The first kappa shape index (κ1) is 25.7. The lowest BCUT2D eigenvalue weighted by Gasteiger charge is -2.55. The molecule has 3 aliphatic heterocycles. The van der Waals surface area contributed by atoms with Gasteiger partial charge in [-0.1, -0.05) is 13.8 Å². The molecule has 0 amide bonds. The Bertz CT molecular complexity index is 928. The average Bonchev–Trinajstić information content (AvgIpc) is 3.18. The van der Waals surface area contributed by atoms with Gasteiger partial charge in [0.15, 0.2) is 0 Å². The number of carbonyl (C=O) groups excluding carboxylic acids is 1. The fraction of sp³-hybridized carbons (Fsp3) is 0.839. The van der Waals surface area contributed by atoms with Crippen LogP contribution in [0.5, 0.6) is 0 Å². The van der Waals surface area contributed by atoms with Crippen LogP contribution in [0.3, 0.4) is 0 Å². The third kappa shape index (κ3) is 4.75. The van der Waals surface area contributed by atoms with Crippen LogP contribution in [0.25, 0.3) is 0 Å². The van der Waals surface area contributed by atoms with Gasteiger partial charge in [0.05, 0.1) is 0 Å². The van der Waals surface area contributed by atoms with Crippen LogP contribution in [0.2, 0.25) is 0 Å². The van der Waals surface area contributed by atoms with Crippen LogP contribution < -0.4 is 4.90 Å². The molecule has 1 aromatic heterocycles. The molecule has 2 unspecified atom stereocenters. The van der Waals surface area contributed by atoms with E-state index >= 15 is 0 Å². The zero-order valence-corrected chi connectivity index (χ0v) is 23.8. The summed E-state index contributed by atoms with van der Waals surface area (Å²) in [4.78, 5) is 30.6. The van der Waals surface area contributed by atoms with Crippen molar-refractivity contribution in [2.75, 3.05) is 37.6 Å². The van der Waals surface area contributed by atoms with Crippen LogP contribution in [0.4, 0.5) is 5.95 Å². The molecule has 0 radical (unpaired) electrons. The molecule has 3 aliphatic carbocycles. The van der Waals surface area contributed by atoms with E-state index < -0.39 is 0 Å². The molecule has 4 bridgehead atoms. The molecule has 4 heterocycles. The molecule has 6 fully saturated rings. The Morgan fingerprint density at radius 2 is 1.46 bits per heavy atom. The predicted octanol–water partition coefficient (Wildman–Crippen LogP) is 5.28. The fourth-order valence-electron chi connectivity index (χ4n) is 8.74. The van der Waals surface area contributed by atoms with Crippen LogP contribution in [0, 0.1) is 16.7 Å². The molecule has 37 heavy (non-hydrogen) atoms. The van der Waals surface area contributed by atoms with Gasteiger partial charge in [-0.25, -0.2) is 9.97 Å². The number of hydrogen-bond donors (Lipinski definition) is 0. The summed E-state index contributed by atoms with van der Waals surface area (Å²) in [5, 5.41) is 0. The maximum absolute atomic E-state index is 12.9. The van der Waals surface area contributed by atoms with Crippen molar-refractivity contribution in [2.24, 2.45) is 16.7 Å². The monoisotopic (exact) mass is 507 g/mol. The maximum Gasteiger partial charge on any atom is 0.225 e. The fourth-order valence-corrected chi connectivity index (χ4v) is 8.74. The van der Waals surface area contributed by atoms with E-state index in [1.165, 1.54) is 70.1 Å². The van der Waals surface area contributed by atoms with Crippen molar-refractivity contribution in [3.05, 3.63) is 18.0 Å². The van der Waals surface area contributed by atoms with Crippen molar-refractivity contribution in [3.63, 3.8) is 0 Å². The molecule has 204 valence electrons. The number of fused-ring (bicyclic) bond motifs is 5. The summed E-state index contributed by atoms with van der Waals surface area (Å²) < 4.78 is 0. The van der Waals surface area contributed by atoms with E-state index in [1.807, 2.05) is 0 Å². The first-order chi connectivity index (χ1) is 17.8. The second kappa shape index (κ2) is 9.89. The van der Waals surface area contributed by atoms with Crippen molar-refractivity contribution < 1.29 is 4.79 Å². The van der Waals surface area contributed by atoms with Gasteiger partial charge in [0.2, 0.25) is 5.95 Å². The SMILES string of the molecule is CC(C)C(=O)C12CCC(CN3CCC(c4cnc(N5C6CCC5CN(C(C)C)C6)nc4)CC3)(CC1)CC2. The van der Waals surface area contributed by atoms with Gasteiger partial charge in [0.25, 0.3) is 0 Å². The maximum atomic E-state index is 12.9. The number of hydrogen-bond acceptors (Lipinski definition) is 6. The third-order valence-corrected chi connectivity index (χ3v) is 11.2. The molecule has 6 heteroatoms. The molecule has 7 rings (SSSR count). The van der Waals surface area contributed by atoms with Crippen molar-refractivity contribution in [1.29, 1.82) is 0 Å². The smallest absolute Gasteiger partial charge is 0.225 e. The van der Waals surface area contributed by atoms with Crippen molar-refractivity contribution in [3.8, 4) is 0 Å². The average molecular weight is 508 g/mol. The molecule has 6 aliphatic rings. The Hall–Kier alpha value is -1.53. The number of nitrogens with zero attached hydrogens (tertiary/aromatic N) is 5. The third-order valence-electron chi connectivity index (χ3n) is 11.2. The van der Waals surface area contributed by atoms with Crippen LogP contribution in [0.1, 0.15) is 103 Å². The summed E-state index contributed by atoms with van der Waals surface area (Å²) in [7, 11) is 0. The summed E-state index contributed by atoms with van der Waals surface area (Å²) in [5.74, 6) is 2.28. The Kier molecular flexibility index (Phi) is 6.88. The van der Waals surface area contributed by atoms with Gasteiger partial charge < -0.3 is 9.80 Å². The number of Topliss-reactive ketones (excluding diaryl/α,β-unsaturated/α-hetero) is 1. The highest BCUT2D eigenvalue weighted by atomic mass is 16.1. The lowest BCUT2D eigenvalue weighted by atomic mass is 9.51. The first-order valence-electron chi connectivity index (χ1n) is 15.4. The Morgan fingerprint density at radius 1 is 0.892 bits per heavy atom. The topological polar surface area (TPSA) is 52.6 Å². The van der Waals surface area contributed by atoms with Gasteiger partial charge in [-0.3, -0.25) is 9.69 Å². The number of rotatable bonds is 7. The summed E-state index contributed by atoms with van der Waals surface area (Å²) in [6.07, 6.45) is 16.4. The Labute approximate surface area is 224 Å². The summed E-state index contributed by atoms with van der Waals surface area (Å²) in [6.45, 7) is 14.7. The molecule has 2 atom stereocenters. The summed E-state index contributed by atoms with van der Waals surface area (Å²) in [6, 6.07) is 1.77. The molecule has 0 aromatic carbocycles. The number of ketones is 1. The van der Waals surface area contributed by atoms with Crippen molar-refractivity contribution in [2.45, 2.75) is 116 Å². The van der Waals surface area contributed by atoms with Crippen molar-refractivity contribution >= 4 is 11.7 Å². The number of aromatic nitrogens is 2. The standard InChI is InChI=1S/C31H49N5O/c1-22(2)28(37)31-12-9-30(10-13-31,11-14-31)21-34-15-7-24(8-16-34)25-17-32-29(33-18-25)36-26-5-6-27(36)20-35(19-26)23(3)4/h17-18,22-24,26-27H,5-16,19-21H2,1-4H3. The van der Waals surface area contributed by atoms with E-state index in [-0.39, 0.29) is 11.3 Å². The van der Waals surface area contributed by atoms with E-state index in [9.17, 15) is 4.79 Å². The molecule has 1 aromatic rings. The van der Waals surface area contributed by atoms with Crippen LogP contribution in [0.15, 0.2) is 12.4 Å². The van der Waals surface area contributed by atoms with Gasteiger partial charge in [-0.05, 0) is 108 Å². The zero-order valence-electron chi connectivity index (χ0n) is 23.8. The molecular weight excluding hydrogens is 458 g/mol. The molecule has 3 saturated carbocycles. The molecule has 3 saturated heterocycles. The van der Waals surface area contributed by atoms with Crippen molar-refractivity contribution in [1.82, 2.24) is 19.8 Å². The number of likely N-dealkylation sites (tertiary alicyclic amines) is 2. The highest BCUT2D eigenvalue weighted by molar-refractivity contribution is 5.86. The van der Waals surface area contributed by atoms with Crippen LogP contribution >= 0.6 is 0 Å². The summed E-state index contributed by atoms with van der Waals surface area (Å²) >= 11 is 0. The van der Waals surface area contributed by atoms with E-state index in [0.29, 0.717) is 35.2 Å². The van der Waals surface area contributed by atoms with Gasteiger partial charge >= 0.3 is 0 Å². The normalized spacial score (nSPS) is 35.1. The largest absolute Gasteiger partial charge is 0.332 e. The van der Waals surface area contributed by atoms with E-state index in [0.717, 1.165) is 38.3 Å². The number of carbonyl (C=O) groups is 1. The van der Waals surface area contributed by atoms with Gasteiger partial charge in [-0.2, -0.15) is 0 Å². The van der Waals surface area contributed by atoms with E-state index in [1.54, 1.807) is 0 Å². The van der Waals surface area contributed by atoms with Gasteiger partial charge in [0, 0.05) is 61.5 Å². The van der Waals surface area contributed by atoms with Crippen LogP contribution in [-0.4, -0.2) is 76.4 Å². The van der Waals surface area contributed by atoms with Gasteiger partial charge in [-0.15, -0.1) is 0 Å². The molecule has 0 spiro atoms. The minimum absolute atomic E-state index is 0.0244. The first-order valence-corrected chi connectivity index (χ1v) is 15.4. The highest BCUT2D eigenvalue weighted by Gasteiger charge is 2.52. The Balaban J connectivity index is 1.01. The summed E-state index contributed by atoms with van der Waals surface area (Å²) in [5.41, 5.74) is 1.83. The second-order valence-electron chi connectivity index (χ2n) is 14.0. The molecule has 0 N–H and O–H groups in total. The van der Waals surface area contributed by atoms with E-state index in [4.69, 9.17) is 9.97 Å². The number of anilines is 1. The minimum atomic E-state index is 0.0244. The Morgan fingerprint density at radius 3 is 1.97 bits per heavy atom. The number of piperazine rings is 1. The van der Waals surface area contributed by atoms with Crippen LogP contribution in [-0.2, 0) is 4.79 Å². The van der Waals surface area contributed by atoms with Gasteiger partial charge in [0.1, 0.15) is 5.78 Å². The second-order valence-corrected chi connectivity index (χ2v) is 14.0. The van der Waals surface area contributed by atoms with E-state index in [2.05, 4.69) is 54.8 Å². The molecule has 6 nitrogen and oxygen atoms in total. The lowest BCUT2D eigenvalue weighted by molar-refractivity contribution is -0.142. The minimum Gasteiger partial charge on any atom is -0.332 e. The zero-order chi connectivity index (χ0) is 25.8. The quantitative estimate of drug-likeness (QED) is 0.500. The lowest BCUT2D eigenvalue weighted by Crippen LogP contribution is -2.56. The number of piperidine rings is 1.